The van der Waals surface area contributed by atoms with E-state index in [0.717, 1.165) is 18.4 Å². The second kappa shape index (κ2) is 5.45. The Labute approximate surface area is 119 Å². The van der Waals surface area contributed by atoms with Crippen molar-refractivity contribution in [1.82, 2.24) is 5.32 Å². The maximum atomic E-state index is 13.6. The molecule has 0 bridgehead atoms. The monoisotopic (exact) mass is 297 g/mol. The summed E-state index contributed by atoms with van der Waals surface area (Å²) in [4.78, 5) is 0. The van der Waals surface area contributed by atoms with Crippen molar-refractivity contribution in [3.63, 3.8) is 0 Å². The van der Waals surface area contributed by atoms with Crippen molar-refractivity contribution in [2.24, 2.45) is 0 Å². The van der Waals surface area contributed by atoms with Crippen LogP contribution in [-0.4, -0.2) is 32.0 Å². The molecule has 1 heterocycles. The molecule has 5 heteroatoms. The van der Waals surface area contributed by atoms with Gasteiger partial charge in [0.15, 0.2) is 0 Å². The Bertz CT molecular complexity index is 567. The lowest BCUT2D eigenvalue weighted by atomic mass is 9.75. The number of sulfone groups is 1. The van der Waals surface area contributed by atoms with Crippen molar-refractivity contribution in [3.8, 4) is 0 Å². The van der Waals surface area contributed by atoms with E-state index in [4.69, 9.17) is 0 Å². The second-order valence-corrected chi connectivity index (χ2v) is 8.28. The summed E-state index contributed by atoms with van der Waals surface area (Å²) in [6.07, 6.45) is 3.32. The Morgan fingerprint density at radius 3 is 2.35 bits per heavy atom. The van der Waals surface area contributed by atoms with Crippen LogP contribution in [0.2, 0.25) is 0 Å². The molecule has 1 N–H and O–H groups in total. The van der Waals surface area contributed by atoms with E-state index in [2.05, 4.69) is 5.32 Å². The molecule has 1 saturated heterocycles. The van der Waals surface area contributed by atoms with Gasteiger partial charge >= 0.3 is 0 Å². The highest BCUT2D eigenvalue weighted by Crippen LogP contribution is 2.38. The quantitative estimate of drug-likeness (QED) is 0.930. The van der Waals surface area contributed by atoms with Crippen molar-refractivity contribution in [1.29, 1.82) is 0 Å². The van der Waals surface area contributed by atoms with Crippen LogP contribution in [0.3, 0.4) is 0 Å². The van der Waals surface area contributed by atoms with Gasteiger partial charge < -0.3 is 5.32 Å². The molecule has 1 aliphatic carbocycles. The normalized spacial score (nSPS) is 29.9. The van der Waals surface area contributed by atoms with Crippen LogP contribution in [-0.2, 0) is 9.84 Å². The van der Waals surface area contributed by atoms with Crippen molar-refractivity contribution in [2.75, 3.05) is 11.5 Å². The van der Waals surface area contributed by atoms with Crippen molar-refractivity contribution in [2.45, 2.75) is 43.7 Å². The summed E-state index contributed by atoms with van der Waals surface area (Å²) < 4.78 is 36.4. The lowest BCUT2D eigenvalue weighted by Gasteiger charge is -2.39. The fourth-order valence-corrected chi connectivity index (χ4v) is 4.70. The number of benzene rings is 1. The third-order valence-electron chi connectivity index (χ3n) is 4.51. The summed E-state index contributed by atoms with van der Waals surface area (Å²) in [5, 5.41) is 3.53. The van der Waals surface area contributed by atoms with Crippen molar-refractivity contribution in [3.05, 3.63) is 35.6 Å². The summed E-state index contributed by atoms with van der Waals surface area (Å²) >= 11 is 0. The van der Waals surface area contributed by atoms with Gasteiger partial charge in [0, 0.05) is 12.1 Å². The minimum absolute atomic E-state index is 0.111. The standard InChI is InChI=1S/C15H20FNO2S/c16-15-4-2-1-3-14(15)11-9-13(10-11)17-12-5-7-20(18,19)8-6-12/h1-4,11-13,17H,5-10H2. The third kappa shape index (κ3) is 3.04. The molecule has 0 atom stereocenters. The van der Waals surface area contributed by atoms with Gasteiger partial charge in [-0.25, -0.2) is 12.8 Å². The fraction of sp³-hybridized carbons (Fsp3) is 0.600. The maximum Gasteiger partial charge on any atom is 0.150 e. The number of halogens is 1. The summed E-state index contributed by atoms with van der Waals surface area (Å²) in [5.41, 5.74) is 0.816. The Hall–Kier alpha value is -0.940. The minimum Gasteiger partial charge on any atom is -0.311 e. The van der Waals surface area contributed by atoms with Crippen LogP contribution in [0.5, 0.6) is 0 Å². The first kappa shape index (κ1) is 14.0. The minimum atomic E-state index is -2.79. The van der Waals surface area contributed by atoms with Gasteiger partial charge in [0.05, 0.1) is 11.5 Å². The Balaban J connectivity index is 1.48. The molecule has 1 aromatic carbocycles. The number of rotatable bonds is 3. The van der Waals surface area contributed by atoms with Crippen LogP contribution >= 0.6 is 0 Å². The molecular weight excluding hydrogens is 277 g/mol. The zero-order valence-electron chi connectivity index (χ0n) is 11.4. The van der Waals surface area contributed by atoms with E-state index in [9.17, 15) is 12.8 Å². The van der Waals surface area contributed by atoms with E-state index in [1.807, 2.05) is 12.1 Å². The Morgan fingerprint density at radius 2 is 1.70 bits per heavy atom. The highest BCUT2D eigenvalue weighted by atomic mass is 32.2. The van der Waals surface area contributed by atoms with Crippen LogP contribution in [0.4, 0.5) is 4.39 Å². The topological polar surface area (TPSA) is 46.2 Å². The molecule has 2 fully saturated rings. The zero-order valence-corrected chi connectivity index (χ0v) is 12.2. The van der Waals surface area contributed by atoms with Gasteiger partial charge in [0.2, 0.25) is 0 Å². The fourth-order valence-electron chi connectivity index (χ4n) is 3.20. The summed E-state index contributed by atoms with van der Waals surface area (Å²) in [7, 11) is -2.79. The largest absolute Gasteiger partial charge is 0.311 e. The smallest absolute Gasteiger partial charge is 0.150 e. The van der Waals surface area contributed by atoms with Crippen LogP contribution in [0.15, 0.2) is 24.3 Å². The molecule has 0 aromatic heterocycles. The lowest BCUT2D eigenvalue weighted by Crippen LogP contribution is -2.48. The molecule has 0 unspecified atom stereocenters. The van der Waals surface area contributed by atoms with Crippen molar-refractivity contribution < 1.29 is 12.8 Å². The average molecular weight is 297 g/mol. The van der Waals surface area contributed by atoms with Gasteiger partial charge in [-0.15, -0.1) is 0 Å². The predicted octanol–water partition coefficient (Wildman–Crippen LogP) is 2.24. The molecule has 20 heavy (non-hydrogen) atoms. The van der Waals surface area contributed by atoms with E-state index >= 15 is 0 Å². The van der Waals surface area contributed by atoms with Gasteiger partial charge in [0.25, 0.3) is 0 Å². The van der Waals surface area contributed by atoms with E-state index < -0.39 is 9.84 Å². The van der Waals surface area contributed by atoms with Gasteiger partial charge in [-0.05, 0) is 43.2 Å². The highest BCUT2D eigenvalue weighted by molar-refractivity contribution is 7.91. The molecule has 110 valence electrons. The number of hydrogen-bond acceptors (Lipinski definition) is 3. The molecule has 3 rings (SSSR count). The maximum absolute atomic E-state index is 13.6. The van der Waals surface area contributed by atoms with E-state index in [-0.39, 0.29) is 5.82 Å². The predicted molar refractivity (Wildman–Crippen MR) is 77.0 cm³/mol. The van der Waals surface area contributed by atoms with E-state index in [1.54, 1.807) is 6.07 Å². The average Bonchev–Trinajstić information content (AvgIpc) is 2.36. The molecule has 0 spiro atoms. The number of nitrogens with one attached hydrogen (secondary N) is 1. The first-order valence-electron chi connectivity index (χ1n) is 7.24. The SMILES string of the molecule is O=S1(=O)CCC(NC2CC(c3ccccc3F)C2)CC1. The third-order valence-corrected chi connectivity index (χ3v) is 6.22. The molecule has 1 aliphatic heterocycles. The van der Waals surface area contributed by atoms with Gasteiger partial charge in [-0.3, -0.25) is 0 Å². The molecule has 1 saturated carbocycles. The number of hydrogen-bond donors (Lipinski definition) is 1. The first-order valence-corrected chi connectivity index (χ1v) is 9.06. The van der Waals surface area contributed by atoms with E-state index in [1.165, 1.54) is 6.07 Å². The van der Waals surface area contributed by atoms with E-state index in [0.29, 0.717) is 42.3 Å². The molecule has 0 radical (unpaired) electrons. The van der Waals surface area contributed by atoms with Crippen molar-refractivity contribution >= 4 is 9.84 Å². The van der Waals surface area contributed by atoms with Gasteiger partial charge in [-0.1, -0.05) is 18.2 Å². The molecule has 1 aromatic rings. The lowest BCUT2D eigenvalue weighted by molar-refractivity contribution is 0.253. The van der Waals surface area contributed by atoms with Gasteiger partial charge in [0.1, 0.15) is 15.7 Å². The molecular formula is C15H20FNO2S. The Kier molecular flexibility index (Phi) is 3.82. The molecule has 2 aliphatic rings. The van der Waals surface area contributed by atoms with Crippen LogP contribution in [0, 0.1) is 5.82 Å². The first-order chi connectivity index (χ1) is 9.53. The van der Waals surface area contributed by atoms with Crippen LogP contribution < -0.4 is 5.32 Å². The summed E-state index contributed by atoms with van der Waals surface area (Å²) in [6, 6.07) is 7.70. The molecule has 3 nitrogen and oxygen atoms in total. The zero-order chi connectivity index (χ0) is 14.2. The molecule has 0 amide bonds. The van der Waals surface area contributed by atoms with Crippen LogP contribution in [0.1, 0.15) is 37.2 Å². The Morgan fingerprint density at radius 1 is 1.05 bits per heavy atom. The summed E-state index contributed by atoms with van der Waals surface area (Å²) in [6.45, 7) is 0. The summed E-state index contributed by atoms with van der Waals surface area (Å²) in [5.74, 6) is 0.795. The van der Waals surface area contributed by atoms with Crippen LogP contribution in [0.25, 0.3) is 0 Å². The highest BCUT2D eigenvalue weighted by Gasteiger charge is 2.34. The second-order valence-electron chi connectivity index (χ2n) is 5.98. The van der Waals surface area contributed by atoms with Gasteiger partial charge in [-0.2, -0.15) is 0 Å².